The van der Waals surface area contributed by atoms with E-state index in [1.165, 1.54) is 40.8 Å². The van der Waals surface area contributed by atoms with E-state index in [1.807, 2.05) is 12.3 Å². The lowest BCUT2D eigenvalue weighted by Crippen LogP contribution is -2.29. The molecule has 2 aromatic heterocycles. The number of nitrogens with one attached hydrogen (secondary N) is 2. The number of rotatable bonds is 8. The first-order valence-corrected chi connectivity index (χ1v) is 11.4. The molecule has 168 valence electrons. The number of nitrogens with zero attached hydrogens (tertiary/aromatic N) is 2. The average Bonchev–Trinajstić information content (AvgIpc) is 3.60. The van der Waals surface area contributed by atoms with Crippen molar-refractivity contribution in [2.24, 2.45) is 0 Å². The van der Waals surface area contributed by atoms with Gasteiger partial charge in [-0.1, -0.05) is 36.4 Å². The molecule has 33 heavy (non-hydrogen) atoms. The van der Waals surface area contributed by atoms with Crippen LogP contribution in [0.25, 0.3) is 17.0 Å². The molecule has 1 unspecified atom stereocenters. The summed E-state index contributed by atoms with van der Waals surface area (Å²) in [6, 6.07) is 15.3. The first-order valence-electron chi connectivity index (χ1n) is 11.4. The molecule has 0 aliphatic heterocycles. The molecule has 1 aliphatic rings. The summed E-state index contributed by atoms with van der Waals surface area (Å²) < 4.78 is 4.70. The van der Waals surface area contributed by atoms with Gasteiger partial charge in [0.25, 0.3) is 0 Å². The van der Waals surface area contributed by atoms with Gasteiger partial charge < -0.3 is 14.7 Å². The van der Waals surface area contributed by atoms with Crippen LogP contribution < -0.4 is 0 Å². The smallest absolute Gasteiger partial charge is 0.330 e. The predicted octanol–water partition coefficient (Wildman–Crippen LogP) is 4.81. The van der Waals surface area contributed by atoms with Crippen LogP contribution in [0.4, 0.5) is 0 Å². The summed E-state index contributed by atoms with van der Waals surface area (Å²) in [4.78, 5) is 24.9. The summed E-state index contributed by atoms with van der Waals surface area (Å²) in [5, 5.41) is 1.30. The van der Waals surface area contributed by atoms with Crippen molar-refractivity contribution in [3.63, 3.8) is 0 Å². The van der Waals surface area contributed by atoms with E-state index in [-0.39, 0.29) is 5.97 Å². The van der Waals surface area contributed by atoms with Crippen LogP contribution in [0.3, 0.4) is 0 Å². The highest BCUT2D eigenvalue weighted by atomic mass is 16.5. The van der Waals surface area contributed by atoms with Gasteiger partial charge >= 0.3 is 5.97 Å². The standard InChI is InChI=1S/C27H28N4O2/c1-33-27(32)11-7-19-6-9-24-20(14-19)8-10-26(24)31(17-22-16-28-18-30-22)13-12-21-15-29-25-5-3-2-4-23(21)25/h2-7,9,11,14-16,18,26,29H,8,10,12-13,17H2,1H3,(H,28,30). The Morgan fingerprint density at radius 2 is 2.15 bits per heavy atom. The quantitative estimate of drug-likeness (QED) is 0.305. The highest BCUT2D eigenvalue weighted by Gasteiger charge is 2.28. The van der Waals surface area contributed by atoms with Crippen molar-refractivity contribution in [3.8, 4) is 0 Å². The molecule has 6 nitrogen and oxygen atoms in total. The van der Waals surface area contributed by atoms with E-state index >= 15 is 0 Å². The molecule has 0 bridgehead atoms. The van der Waals surface area contributed by atoms with Crippen molar-refractivity contribution in [2.45, 2.75) is 31.8 Å². The number of benzene rings is 2. The van der Waals surface area contributed by atoms with Crippen LogP contribution in [-0.2, 0) is 28.9 Å². The third-order valence-corrected chi connectivity index (χ3v) is 6.54. The molecule has 0 amide bonds. The van der Waals surface area contributed by atoms with Gasteiger partial charge in [0.15, 0.2) is 0 Å². The monoisotopic (exact) mass is 440 g/mol. The summed E-state index contributed by atoms with van der Waals surface area (Å²) in [6.45, 7) is 1.78. The molecule has 0 radical (unpaired) electrons. The number of aromatic amines is 2. The van der Waals surface area contributed by atoms with E-state index in [2.05, 4.69) is 68.5 Å². The third-order valence-electron chi connectivity index (χ3n) is 6.54. The van der Waals surface area contributed by atoms with Crippen LogP contribution >= 0.6 is 0 Å². The van der Waals surface area contributed by atoms with E-state index in [0.29, 0.717) is 6.04 Å². The maximum Gasteiger partial charge on any atom is 0.330 e. The van der Waals surface area contributed by atoms with Gasteiger partial charge in [-0.05, 0) is 53.7 Å². The minimum absolute atomic E-state index is 0.337. The van der Waals surface area contributed by atoms with E-state index in [1.54, 1.807) is 6.33 Å². The zero-order valence-corrected chi connectivity index (χ0v) is 18.8. The van der Waals surface area contributed by atoms with Crippen molar-refractivity contribution in [1.82, 2.24) is 19.9 Å². The number of aromatic nitrogens is 3. The molecule has 0 saturated heterocycles. The maximum atomic E-state index is 11.4. The fourth-order valence-electron chi connectivity index (χ4n) is 4.87. The van der Waals surface area contributed by atoms with Gasteiger partial charge in [-0.3, -0.25) is 4.90 Å². The highest BCUT2D eigenvalue weighted by Crippen LogP contribution is 2.37. The van der Waals surface area contributed by atoms with Gasteiger partial charge in [-0.15, -0.1) is 0 Å². The molecule has 0 fully saturated rings. The summed E-state index contributed by atoms with van der Waals surface area (Å²) in [7, 11) is 1.39. The number of esters is 1. The van der Waals surface area contributed by atoms with Gasteiger partial charge in [-0.25, -0.2) is 9.78 Å². The number of carbonyl (C=O) groups excluding carboxylic acids is 1. The Morgan fingerprint density at radius 1 is 1.24 bits per heavy atom. The largest absolute Gasteiger partial charge is 0.466 e. The van der Waals surface area contributed by atoms with E-state index in [0.717, 1.165) is 43.6 Å². The number of H-pyrrole nitrogens is 2. The molecule has 5 rings (SSSR count). The number of methoxy groups -OCH3 is 1. The summed E-state index contributed by atoms with van der Waals surface area (Å²) in [5.74, 6) is -0.337. The Labute approximate surface area is 193 Å². The number of para-hydroxylation sites is 1. The second-order valence-corrected chi connectivity index (χ2v) is 8.53. The topological polar surface area (TPSA) is 74.0 Å². The first kappa shape index (κ1) is 21.2. The number of imidazole rings is 1. The SMILES string of the molecule is COC(=O)C=Cc1ccc2c(c1)CCC2N(CCc1c[nH]c2ccccc12)Cc1cnc[nH]1. The average molecular weight is 441 g/mol. The number of fused-ring (bicyclic) bond motifs is 2. The number of hydrogen-bond acceptors (Lipinski definition) is 4. The van der Waals surface area contributed by atoms with Crippen molar-refractivity contribution in [1.29, 1.82) is 0 Å². The van der Waals surface area contributed by atoms with Crippen LogP contribution in [0.1, 0.15) is 40.4 Å². The van der Waals surface area contributed by atoms with Crippen molar-refractivity contribution < 1.29 is 9.53 Å². The Kier molecular flexibility index (Phi) is 6.09. The molecule has 2 heterocycles. The molecule has 4 aromatic rings. The van der Waals surface area contributed by atoms with Crippen molar-refractivity contribution >= 4 is 22.9 Å². The Balaban J connectivity index is 1.37. The van der Waals surface area contributed by atoms with Gasteiger partial charge in [0.2, 0.25) is 0 Å². The number of hydrogen-bond donors (Lipinski definition) is 2. The summed E-state index contributed by atoms with van der Waals surface area (Å²) >= 11 is 0. The van der Waals surface area contributed by atoms with Gasteiger partial charge in [0, 0.05) is 54.2 Å². The lowest BCUT2D eigenvalue weighted by molar-refractivity contribution is -0.134. The Morgan fingerprint density at radius 3 is 3.00 bits per heavy atom. The number of ether oxygens (including phenoxy) is 1. The maximum absolute atomic E-state index is 11.4. The van der Waals surface area contributed by atoms with Crippen LogP contribution in [0.5, 0.6) is 0 Å². The lowest BCUT2D eigenvalue weighted by Gasteiger charge is -2.29. The van der Waals surface area contributed by atoms with Crippen molar-refractivity contribution in [2.75, 3.05) is 13.7 Å². The molecular weight excluding hydrogens is 412 g/mol. The number of carbonyl (C=O) groups is 1. The van der Waals surface area contributed by atoms with Crippen LogP contribution in [0.15, 0.2) is 67.3 Å². The Bertz CT molecular complexity index is 1270. The van der Waals surface area contributed by atoms with Crippen LogP contribution in [0, 0.1) is 0 Å². The molecule has 1 aliphatic carbocycles. The molecule has 0 spiro atoms. The number of aryl methyl sites for hydroxylation is 1. The van der Waals surface area contributed by atoms with Gasteiger partial charge in [0.05, 0.1) is 13.4 Å². The fourth-order valence-corrected chi connectivity index (χ4v) is 4.87. The molecule has 2 N–H and O–H groups in total. The highest BCUT2D eigenvalue weighted by molar-refractivity contribution is 5.87. The molecular formula is C27H28N4O2. The van der Waals surface area contributed by atoms with E-state index < -0.39 is 0 Å². The zero-order chi connectivity index (χ0) is 22.6. The van der Waals surface area contributed by atoms with E-state index in [9.17, 15) is 4.79 Å². The summed E-state index contributed by atoms with van der Waals surface area (Å²) in [5.41, 5.74) is 7.42. The van der Waals surface area contributed by atoms with Gasteiger partial charge in [-0.2, -0.15) is 0 Å². The zero-order valence-electron chi connectivity index (χ0n) is 18.8. The van der Waals surface area contributed by atoms with Gasteiger partial charge in [0.1, 0.15) is 0 Å². The molecule has 2 aromatic carbocycles. The Hall–Kier alpha value is -3.64. The normalized spacial score (nSPS) is 15.5. The van der Waals surface area contributed by atoms with Crippen LogP contribution in [0.2, 0.25) is 0 Å². The lowest BCUT2D eigenvalue weighted by atomic mass is 10.0. The second kappa shape index (κ2) is 9.46. The van der Waals surface area contributed by atoms with Crippen molar-refractivity contribution in [3.05, 3.63) is 95.2 Å². The fraction of sp³-hybridized carbons (Fsp3) is 0.259. The van der Waals surface area contributed by atoms with E-state index in [4.69, 9.17) is 4.74 Å². The first-order chi connectivity index (χ1) is 16.2. The minimum atomic E-state index is -0.337. The third kappa shape index (κ3) is 4.61. The molecule has 0 saturated carbocycles. The molecule has 6 heteroatoms. The minimum Gasteiger partial charge on any atom is -0.466 e. The predicted molar refractivity (Wildman–Crippen MR) is 130 cm³/mol. The second-order valence-electron chi connectivity index (χ2n) is 8.53. The van der Waals surface area contributed by atoms with Crippen LogP contribution in [-0.4, -0.2) is 39.5 Å². The molecule has 1 atom stereocenters. The summed E-state index contributed by atoms with van der Waals surface area (Å²) in [6.07, 6.45) is 12.2.